The quantitative estimate of drug-likeness (QED) is 0.487. The maximum Gasteiger partial charge on any atom is 0.228 e. The number of fused-ring (bicyclic) bond motifs is 3. The van der Waals surface area contributed by atoms with E-state index in [0.29, 0.717) is 5.95 Å². The fraction of sp³-hybridized carbons (Fsp3) is 0.417. The maximum absolute atomic E-state index is 5.51. The lowest BCUT2D eigenvalue weighted by atomic mass is 10.0. The molecule has 0 radical (unpaired) electrons. The number of pyridine rings is 1. The summed E-state index contributed by atoms with van der Waals surface area (Å²) in [7, 11) is 0. The first kappa shape index (κ1) is 20.8. The van der Waals surface area contributed by atoms with Crippen molar-refractivity contribution in [2.24, 2.45) is 0 Å². The van der Waals surface area contributed by atoms with Crippen LogP contribution in [-0.2, 0) is 6.54 Å². The summed E-state index contributed by atoms with van der Waals surface area (Å²) >= 11 is 0. The number of aromatic nitrogens is 4. The second kappa shape index (κ2) is 8.80. The third kappa shape index (κ3) is 4.16. The lowest BCUT2D eigenvalue weighted by molar-refractivity contribution is 0.132. The SMILES string of the molecule is CCN1CCN(Cc2ccc(Nc3ncc4ccc5onc(C(C)C)c5c4n3)nc2)CC1. The highest BCUT2D eigenvalue weighted by Gasteiger charge is 2.17. The third-order valence-corrected chi connectivity index (χ3v) is 6.14. The van der Waals surface area contributed by atoms with E-state index >= 15 is 0 Å². The number of anilines is 2. The van der Waals surface area contributed by atoms with E-state index in [9.17, 15) is 0 Å². The van der Waals surface area contributed by atoms with Gasteiger partial charge in [-0.2, -0.15) is 0 Å². The fourth-order valence-corrected chi connectivity index (χ4v) is 4.23. The zero-order chi connectivity index (χ0) is 22.1. The molecule has 0 atom stereocenters. The first-order chi connectivity index (χ1) is 15.6. The van der Waals surface area contributed by atoms with Gasteiger partial charge in [-0.1, -0.05) is 32.0 Å². The fourth-order valence-electron chi connectivity index (χ4n) is 4.23. The summed E-state index contributed by atoms with van der Waals surface area (Å²) in [5, 5.41) is 9.40. The third-order valence-electron chi connectivity index (χ3n) is 6.14. The van der Waals surface area contributed by atoms with Gasteiger partial charge in [0.2, 0.25) is 5.95 Å². The Morgan fingerprint density at radius 3 is 2.53 bits per heavy atom. The van der Waals surface area contributed by atoms with Gasteiger partial charge in [0.1, 0.15) is 5.82 Å². The summed E-state index contributed by atoms with van der Waals surface area (Å²) in [5.41, 5.74) is 3.71. The van der Waals surface area contributed by atoms with E-state index in [-0.39, 0.29) is 5.92 Å². The zero-order valence-electron chi connectivity index (χ0n) is 18.9. The van der Waals surface area contributed by atoms with Crippen LogP contribution < -0.4 is 5.32 Å². The molecule has 4 aromatic rings. The Balaban J connectivity index is 1.33. The van der Waals surface area contributed by atoms with Crippen LogP contribution in [0.4, 0.5) is 11.8 Å². The minimum absolute atomic E-state index is 0.243. The average Bonchev–Trinajstić information content (AvgIpc) is 3.26. The van der Waals surface area contributed by atoms with Gasteiger partial charge in [-0.25, -0.2) is 15.0 Å². The second-order valence-corrected chi connectivity index (χ2v) is 8.68. The molecule has 0 amide bonds. The number of nitrogens with one attached hydrogen (secondary N) is 1. The number of hydrogen-bond acceptors (Lipinski definition) is 8. The summed E-state index contributed by atoms with van der Waals surface area (Å²) in [6, 6.07) is 8.00. The van der Waals surface area contributed by atoms with Crippen molar-refractivity contribution in [2.75, 3.05) is 38.0 Å². The van der Waals surface area contributed by atoms with Crippen molar-refractivity contribution in [1.82, 2.24) is 29.9 Å². The highest BCUT2D eigenvalue weighted by Crippen LogP contribution is 2.31. The van der Waals surface area contributed by atoms with Crippen molar-refractivity contribution in [3.63, 3.8) is 0 Å². The Hall–Kier alpha value is -3.10. The van der Waals surface area contributed by atoms with Crippen LogP contribution in [0.15, 0.2) is 41.2 Å². The van der Waals surface area contributed by atoms with Gasteiger partial charge >= 0.3 is 0 Å². The zero-order valence-corrected chi connectivity index (χ0v) is 18.9. The number of benzene rings is 1. The molecule has 5 rings (SSSR count). The van der Waals surface area contributed by atoms with Crippen molar-refractivity contribution in [2.45, 2.75) is 33.2 Å². The molecular weight excluding hydrogens is 402 g/mol. The minimum atomic E-state index is 0.243. The van der Waals surface area contributed by atoms with Crippen molar-refractivity contribution in [1.29, 1.82) is 0 Å². The molecule has 166 valence electrons. The predicted molar refractivity (Wildman–Crippen MR) is 126 cm³/mol. The molecule has 1 fully saturated rings. The number of piperazine rings is 1. The summed E-state index contributed by atoms with van der Waals surface area (Å²) in [4.78, 5) is 18.8. The Labute approximate surface area is 187 Å². The number of nitrogens with zero attached hydrogens (tertiary/aromatic N) is 6. The van der Waals surface area contributed by atoms with Gasteiger partial charge in [0.05, 0.1) is 16.6 Å². The van der Waals surface area contributed by atoms with Crippen LogP contribution in [0.1, 0.15) is 37.9 Å². The molecule has 8 heteroatoms. The van der Waals surface area contributed by atoms with Crippen molar-refractivity contribution in [3.05, 3.63) is 47.9 Å². The predicted octanol–water partition coefficient (Wildman–Crippen LogP) is 4.17. The Bertz CT molecular complexity index is 1210. The summed E-state index contributed by atoms with van der Waals surface area (Å²) in [5.74, 6) is 1.48. The monoisotopic (exact) mass is 431 g/mol. The Kier molecular flexibility index (Phi) is 5.71. The van der Waals surface area contributed by atoms with Crippen LogP contribution in [0.5, 0.6) is 0 Å². The van der Waals surface area contributed by atoms with Gasteiger partial charge in [-0.3, -0.25) is 4.90 Å². The minimum Gasteiger partial charge on any atom is -0.356 e. The molecule has 0 saturated carbocycles. The van der Waals surface area contributed by atoms with Gasteiger partial charge in [0, 0.05) is 50.5 Å². The summed E-state index contributed by atoms with van der Waals surface area (Å²) in [6.07, 6.45) is 3.76. The van der Waals surface area contributed by atoms with Crippen LogP contribution >= 0.6 is 0 Å². The highest BCUT2D eigenvalue weighted by atomic mass is 16.5. The van der Waals surface area contributed by atoms with Crippen molar-refractivity contribution in [3.8, 4) is 0 Å². The highest BCUT2D eigenvalue weighted by molar-refractivity contribution is 6.04. The maximum atomic E-state index is 5.51. The van der Waals surface area contributed by atoms with Crippen molar-refractivity contribution < 1.29 is 4.52 Å². The molecule has 0 spiro atoms. The first-order valence-corrected chi connectivity index (χ1v) is 11.3. The van der Waals surface area contributed by atoms with Gasteiger partial charge in [-0.15, -0.1) is 0 Å². The molecule has 32 heavy (non-hydrogen) atoms. The summed E-state index contributed by atoms with van der Waals surface area (Å²) < 4.78 is 5.51. The molecule has 4 heterocycles. The Morgan fingerprint density at radius 1 is 1.00 bits per heavy atom. The van der Waals surface area contributed by atoms with Gasteiger partial charge < -0.3 is 14.7 Å². The second-order valence-electron chi connectivity index (χ2n) is 8.68. The largest absolute Gasteiger partial charge is 0.356 e. The number of likely N-dealkylation sites (N-methyl/N-ethyl adjacent to an activating group) is 1. The topological polar surface area (TPSA) is 83.2 Å². The molecule has 0 bridgehead atoms. The molecule has 1 aliphatic rings. The van der Waals surface area contributed by atoms with E-state index in [2.05, 4.69) is 57.1 Å². The van der Waals surface area contributed by atoms with Crippen LogP contribution in [0.2, 0.25) is 0 Å². The van der Waals surface area contributed by atoms with Crippen LogP contribution in [-0.4, -0.2) is 62.6 Å². The van der Waals surface area contributed by atoms with Gasteiger partial charge in [-0.05, 0) is 36.2 Å². The Morgan fingerprint density at radius 2 is 1.81 bits per heavy atom. The van der Waals surface area contributed by atoms with E-state index < -0.39 is 0 Å². The number of rotatable bonds is 6. The first-order valence-electron chi connectivity index (χ1n) is 11.3. The number of hydrogen-bond donors (Lipinski definition) is 1. The van der Waals surface area contributed by atoms with E-state index in [4.69, 9.17) is 9.51 Å². The van der Waals surface area contributed by atoms with E-state index in [1.165, 1.54) is 5.56 Å². The normalized spacial score (nSPS) is 15.8. The molecule has 1 aromatic carbocycles. The molecule has 1 saturated heterocycles. The molecule has 8 nitrogen and oxygen atoms in total. The van der Waals surface area contributed by atoms with E-state index in [1.54, 1.807) is 0 Å². The molecule has 3 aromatic heterocycles. The standard InChI is InChI=1S/C24H29N7O/c1-4-30-9-11-31(12-10-30)15-17-5-8-20(25-13-17)27-24-26-14-18-6-7-19-21(23(18)28-24)22(16(2)3)29-32-19/h5-8,13-14,16H,4,9-12,15H2,1-3H3,(H,25,26,27,28). The molecule has 0 unspecified atom stereocenters. The average molecular weight is 432 g/mol. The molecular formula is C24H29N7O. The molecule has 1 aliphatic heterocycles. The lowest BCUT2D eigenvalue weighted by Crippen LogP contribution is -2.45. The van der Waals surface area contributed by atoms with Crippen LogP contribution in [0.3, 0.4) is 0 Å². The smallest absolute Gasteiger partial charge is 0.228 e. The van der Waals surface area contributed by atoms with Crippen LogP contribution in [0, 0.1) is 0 Å². The summed E-state index contributed by atoms with van der Waals surface area (Å²) in [6.45, 7) is 13.0. The van der Waals surface area contributed by atoms with Crippen molar-refractivity contribution >= 4 is 33.6 Å². The van der Waals surface area contributed by atoms with E-state index in [1.807, 2.05) is 30.6 Å². The van der Waals surface area contributed by atoms with Crippen LogP contribution in [0.25, 0.3) is 21.9 Å². The van der Waals surface area contributed by atoms with E-state index in [0.717, 1.165) is 72.7 Å². The van der Waals surface area contributed by atoms with Gasteiger partial charge in [0.15, 0.2) is 5.58 Å². The van der Waals surface area contributed by atoms with Gasteiger partial charge in [0.25, 0.3) is 0 Å². The lowest BCUT2D eigenvalue weighted by Gasteiger charge is -2.33. The molecule has 1 N–H and O–H groups in total. The molecule has 0 aliphatic carbocycles.